The fourth-order valence-electron chi connectivity index (χ4n) is 3.82. The van der Waals surface area contributed by atoms with Gasteiger partial charge in [-0.15, -0.1) is 12.4 Å². The van der Waals surface area contributed by atoms with Gasteiger partial charge >= 0.3 is 0 Å². The van der Waals surface area contributed by atoms with Crippen molar-refractivity contribution in [2.75, 3.05) is 26.2 Å². The second-order valence-electron chi connectivity index (χ2n) is 7.93. The lowest BCUT2D eigenvalue weighted by atomic mass is 9.97. The minimum absolute atomic E-state index is 0. The molecule has 0 bridgehead atoms. The molecule has 0 aromatic carbocycles. The molecule has 3 unspecified atom stereocenters. The Hall–Kier alpha value is -0.810. The third kappa shape index (κ3) is 4.38. The highest BCUT2D eigenvalue weighted by Gasteiger charge is 2.52. The van der Waals surface area contributed by atoms with Crippen LogP contribution in [0.4, 0.5) is 0 Å². The number of carbonyl (C=O) groups is 2. The highest BCUT2D eigenvalue weighted by Crippen LogP contribution is 2.52. The van der Waals surface area contributed by atoms with Crippen LogP contribution in [0.1, 0.15) is 46.0 Å². The van der Waals surface area contributed by atoms with Gasteiger partial charge in [-0.1, -0.05) is 13.8 Å². The van der Waals surface area contributed by atoms with Crippen molar-refractivity contribution in [1.29, 1.82) is 0 Å². The van der Waals surface area contributed by atoms with Gasteiger partial charge in [-0.2, -0.15) is 0 Å². The van der Waals surface area contributed by atoms with E-state index in [-0.39, 0.29) is 35.7 Å². The smallest absolute Gasteiger partial charge is 0.237 e. The van der Waals surface area contributed by atoms with E-state index in [0.717, 1.165) is 51.7 Å². The summed E-state index contributed by atoms with van der Waals surface area (Å²) in [5.74, 6) is 1.09. The number of nitrogens with zero attached hydrogens (tertiary/aromatic N) is 1. The summed E-state index contributed by atoms with van der Waals surface area (Å²) < 4.78 is 0. The molecule has 1 saturated carbocycles. The van der Waals surface area contributed by atoms with Crippen LogP contribution < -0.4 is 10.6 Å². The van der Waals surface area contributed by atoms with Crippen LogP contribution in [0, 0.1) is 17.3 Å². The lowest BCUT2D eigenvalue weighted by Crippen LogP contribution is -2.47. The van der Waals surface area contributed by atoms with Crippen LogP contribution in [0.2, 0.25) is 0 Å². The summed E-state index contributed by atoms with van der Waals surface area (Å²) in [6.45, 7) is 7.69. The van der Waals surface area contributed by atoms with E-state index >= 15 is 0 Å². The molecule has 0 aromatic rings. The van der Waals surface area contributed by atoms with Crippen molar-refractivity contribution in [2.24, 2.45) is 17.3 Å². The molecule has 0 spiro atoms. The van der Waals surface area contributed by atoms with Gasteiger partial charge in [-0.05, 0) is 50.0 Å². The number of piperidine rings is 1. The van der Waals surface area contributed by atoms with Crippen LogP contribution in [0.15, 0.2) is 0 Å². The highest BCUT2D eigenvalue weighted by molar-refractivity contribution is 5.85. The van der Waals surface area contributed by atoms with Crippen LogP contribution >= 0.6 is 12.4 Å². The summed E-state index contributed by atoms with van der Waals surface area (Å²) >= 11 is 0. The third-order valence-electron chi connectivity index (χ3n) is 5.58. The standard InChI is InChI=1S/C17H29N3O2.ClH/c1-17(2)9-13(17)16(22)20-8-4-5-12(11-20)10-19-15(21)14-6-3-7-18-14;/h12-14,18H,3-11H2,1-2H3,(H,19,21);1H. The van der Waals surface area contributed by atoms with Crippen LogP contribution in [-0.2, 0) is 9.59 Å². The molecule has 0 radical (unpaired) electrons. The molecule has 6 heteroatoms. The molecule has 2 amide bonds. The average molecular weight is 344 g/mol. The molecule has 2 N–H and O–H groups in total. The number of likely N-dealkylation sites (tertiary alicyclic amines) is 1. The van der Waals surface area contributed by atoms with Crippen molar-refractivity contribution in [2.45, 2.75) is 52.0 Å². The maximum atomic E-state index is 12.5. The molecular formula is C17H30ClN3O2. The van der Waals surface area contributed by atoms with Gasteiger partial charge in [0.15, 0.2) is 0 Å². The minimum Gasteiger partial charge on any atom is -0.354 e. The molecule has 132 valence electrons. The first-order valence-electron chi connectivity index (χ1n) is 8.77. The molecule has 2 aliphatic heterocycles. The van der Waals surface area contributed by atoms with Crippen LogP contribution in [-0.4, -0.2) is 48.9 Å². The summed E-state index contributed by atoms with van der Waals surface area (Å²) in [7, 11) is 0. The zero-order valence-electron chi connectivity index (χ0n) is 14.3. The molecule has 1 aliphatic carbocycles. The SMILES string of the molecule is CC1(C)CC1C(=O)N1CCCC(CNC(=O)C2CCCN2)C1.Cl. The molecule has 3 fully saturated rings. The monoisotopic (exact) mass is 343 g/mol. The Kier molecular flexibility index (Phi) is 5.95. The van der Waals surface area contributed by atoms with E-state index in [1.54, 1.807) is 0 Å². The normalized spacial score (nSPS) is 32.1. The topological polar surface area (TPSA) is 61.4 Å². The Morgan fingerprint density at radius 3 is 2.61 bits per heavy atom. The summed E-state index contributed by atoms with van der Waals surface area (Å²) in [5.41, 5.74) is 0.201. The van der Waals surface area contributed by atoms with Gasteiger partial charge in [0.1, 0.15) is 0 Å². The van der Waals surface area contributed by atoms with Crippen molar-refractivity contribution in [1.82, 2.24) is 15.5 Å². The Morgan fingerprint density at radius 1 is 1.26 bits per heavy atom. The molecular weight excluding hydrogens is 314 g/mol. The third-order valence-corrected chi connectivity index (χ3v) is 5.58. The number of hydrogen-bond acceptors (Lipinski definition) is 3. The molecule has 2 heterocycles. The van der Waals surface area contributed by atoms with E-state index in [9.17, 15) is 9.59 Å². The molecule has 3 aliphatic rings. The number of halogens is 1. The largest absolute Gasteiger partial charge is 0.354 e. The number of rotatable bonds is 4. The summed E-state index contributed by atoms with van der Waals surface area (Å²) in [6.07, 6.45) is 5.22. The maximum Gasteiger partial charge on any atom is 0.237 e. The Morgan fingerprint density at radius 2 is 2.00 bits per heavy atom. The van der Waals surface area contributed by atoms with E-state index in [0.29, 0.717) is 18.4 Å². The maximum absolute atomic E-state index is 12.5. The molecule has 3 rings (SSSR count). The Bertz CT molecular complexity index is 449. The van der Waals surface area contributed by atoms with Gasteiger partial charge in [-0.25, -0.2) is 0 Å². The first-order valence-corrected chi connectivity index (χ1v) is 8.77. The second kappa shape index (κ2) is 7.39. The fraction of sp³-hybridized carbons (Fsp3) is 0.882. The molecule has 5 nitrogen and oxygen atoms in total. The first-order chi connectivity index (χ1) is 10.5. The van der Waals surface area contributed by atoms with Gasteiger partial charge in [0.05, 0.1) is 6.04 Å². The van der Waals surface area contributed by atoms with Gasteiger partial charge in [0.2, 0.25) is 11.8 Å². The van der Waals surface area contributed by atoms with Crippen LogP contribution in [0.25, 0.3) is 0 Å². The summed E-state index contributed by atoms with van der Waals surface area (Å²) in [5, 5.41) is 6.30. The lowest BCUT2D eigenvalue weighted by Gasteiger charge is -2.33. The van der Waals surface area contributed by atoms with E-state index in [2.05, 4.69) is 24.5 Å². The fourth-order valence-corrected chi connectivity index (χ4v) is 3.82. The number of carbonyl (C=O) groups excluding carboxylic acids is 2. The van der Waals surface area contributed by atoms with Crippen molar-refractivity contribution in [3.05, 3.63) is 0 Å². The average Bonchev–Trinajstić information content (AvgIpc) is 2.94. The summed E-state index contributed by atoms with van der Waals surface area (Å²) in [6, 6.07) is -0.00594. The van der Waals surface area contributed by atoms with E-state index in [1.807, 2.05) is 4.90 Å². The predicted molar refractivity (Wildman–Crippen MR) is 92.5 cm³/mol. The molecule has 3 atom stereocenters. The van der Waals surface area contributed by atoms with Gasteiger partial charge in [0, 0.05) is 25.6 Å². The first kappa shape index (κ1) is 18.5. The van der Waals surface area contributed by atoms with Crippen molar-refractivity contribution in [3.63, 3.8) is 0 Å². The summed E-state index contributed by atoms with van der Waals surface area (Å²) in [4.78, 5) is 26.6. The van der Waals surface area contributed by atoms with E-state index < -0.39 is 0 Å². The lowest BCUT2D eigenvalue weighted by molar-refractivity contribution is -0.135. The van der Waals surface area contributed by atoms with Crippen molar-refractivity contribution in [3.8, 4) is 0 Å². The Balaban J connectivity index is 0.00000192. The van der Waals surface area contributed by atoms with Gasteiger partial charge in [0.25, 0.3) is 0 Å². The van der Waals surface area contributed by atoms with E-state index in [4.69, 9.17) is 0 Å². The number of hydrogen-bond donors (Lipinski definition) is 2. The minimum atomic E-state index is -0.00594. The van der Waals surface area contributed by atoms with Gasteiger partial charge in [-0.3, -0.25) is 9.59 Å². The molecule has 0 aromatic heterocycles. The van der Waals surface area contributed by atoms with Crippen molar-refractivity contribution >= 4 is 24.2 Å². The quantitative estimate of drug-likeness (QED) is 0.814. The zero-order valence-corrected chi connectivity index (χ0v) is 15.1. The van der Waals surface area contributed by atoms with E-state index in [1.165, 1.54) is 0 Å². The highest BCUT2D eigenvalue weighted by atomic mass is 35.5. The zero-order chi connectivity index (χ0) is 15.7. The second-order valence-corrected chi connectivity index (χ2v) is 7.93. The Labute approximate surface area is 145 Å². The van der Waals surface area contributed by atoms with Crippen LogP contribution in [0.5, 0.6) is 0 Å². The van der Waals surface area contributed by atoms with Gasteiger partial charge < -0.3 is 15.5 Å². The number of amides is 2. The molecule has 23 heavy (non-hydrogen) atoms. The van der Waals surface area contributed by atoms with Crippen LogP contribution in [0.3, 0.4) is 0 Å². The predicted octanol–water partition coefficient (Wildman–Crippen LogP) is 1.56. The molecule has 2 saturated heterocycles. The number of nitrogens with one attached hydrogen (secondary N) is 2. The van der Waals surface area contributed by atoms with Crippen molar-refractivity contribution < 1.29 is 9.59 Å².